The van der Waals surface area contributed by atoms with E-state index in [1.165, 1.54) is 0 Å². The van der Waals surface area contributed by atoms with E-state index in [0.717, 1.165) is 23.8 Å². The fraction of sp³-hybridized carbons (Fsp3) is 0.429. The number of hydrogen-bond acceptors (Lipinski definition) is 2. The van der Waals surface area contributed by atoms with E-state index < -0.39 is 0 Å². The average Bonchev–Trinajstić information content (AvgIpc) is 2.73. The maximum atomic E-state index is 4.63. The van der Waals surface area contributed by atoms with Crippen molar-refractivity contribution < 1.29 is 0 Å². The standard InChI is InChI=1S/C14H19N3/c1-5-12-15-13(14(2,3)4)16-17(12)11-9-7-6-8-10-11/h6-10H,5H2,1-4H3. The van der Waals surface area contributed by atoms with Gasteiger partial charge in [0.2, 0.25) is 0 Å². The third kappa shape index (κ3) is 2.38. The van der Waals surface area contributed by atoms with Gasteiger partial charge in [0.25, 0.3) is 0 Å². The van der Waals surface area contributed by atoms with Gasteiger partial charge in [-0.15, -0.1) is 0 Å². The van der Waals surface area contributed by atoms with Gasteiger partial charge < -0.3 is 0 Å². The largest absolute Gasteiger partial charge is 0.218 e. The number of benzene rings is 1. The molecule has 0 bridgehead atoms. The summed E-state index contributed by atoms with van der Waals surface area (Å²) < 4.78 is 1.95. The second-order valence-corrected chi connectivity index (χ2v) is 5.20. The second-order valence-electron chi connectivity index (χ2n) is 5.20. The number of rotatable bonds is 2. The van der Waals surface area contributed by atoms with Crippen LogP contribution in [0.25, 0.3) is 5.69 Å². The summed E-state index contributed by atoms with van der Waals surface area (Å²) in [6, 6.07) is 10.2. The van der Waals surface area contributed by atoms with Crippen molar-refractivity contribution in [2.75, 3.05) is 0 Å². The normalized spacial score (nSPS) is 11.8. The van der Waals surface area contributed by atoms with E-state index in [4.69, 9.17) is 0 Å². The Kier molecular flexibility index (Phi) is 3.01. The van der Waals surface area contributed by atoms with Crippen molar-refractivity contribution in [3.63, 3.8) is 0 Å². The number of hydrogen-bond donors (Lipinski definition) is 0. The minimum atomic E-state index is -0.00997. The Labute approximate surface area is 103 Å². The van der Waals surface area contributed by atoms with Gasteiger partial charge in [0, 0.05) is 11.8 Å². The summed E-state index contributed by atoms with van der Waals surface area (Å²) in [7, 11) is 0. The highest BCUT2D eigenvalue weighted by molar-refractivity contribution is 5.31. The summed E-state index contributed by atoms with van der Waals surface area (Å²) in [5.74, 6) is 1.92. The molecule has 0 aliphatic carbocycles. The molecule has 90 valence electrons. The van der Waals surface area contributed by atoms with E-state index in [-0.39, 0.29) is 5.41 Å². The van der Waals surface area contributed by atoms with E-state index in [1.54, 1.807) is 0 Å². The van der Waals surface area contributed by atoms with Crippen LogP contribution >= 0.6 is 0 Å². The molecule has 0 saturated carbocycles. The van der Waals surface area contributed by atoms with Crippen LogP contribution in [0.1, 0.15) is 39.3 Å². The van der Waals surface area contributed by atoms with Crippen LogP contribution in [0.3, 0.4) is 0 Å². The average molecular weight is 229 g/mol. The fourth-order valence-electron chi connectivity index (χ4n) is 1.67. The van der Waals surface area contributed by atoms with Crippen molar-refractivity contribution in [3.8, 4) is 5.69 Å². The molecule has 0 radical (unpaired) electrons. The molecule has 0 aliphatic heterocycles. The Balaban J connectivity index is 2.51. The third-order valence-electron chi connectivity index (χ3n) is 2.66. The van der Waals surface area contributed by atoms with Crippen LogP contribution in [-0.4, -0.2) is 14.8 Å². The lowest BCUT2D eigenvalue weighted by atomic mass is 9.96. The zero-order valence-corrected chi connectivity index (χ0v) is 10.9. The summed E-state index contributed by atoms with van der Waals surface area (Å²) in [5, 5.41) is 4.63. The molecule has 1 heterocycles. The van der Waals surface area contributed by atoms with Gasteiger partial charge >= 0.3 is 0 Å². The molecule has 1 aromatic heterocycles. The van der Waals surface area contributed by atoms with Crippen LogP contribution in [0.15, 0.2) is 30.3 Å². The maximum Gasteiger partial charge on any atom is 0.156 e. The summed E-state index contributed by atoms with van der Waals surface area (Å²) in [6.45, 7) is 8.52. The van der Waals surface area contributed by atoms with Crippen molar-refractivity contribution in [2.45, 2.75) is 39.5 Å². The molecule has 0 unspecified atom stereocenters. The summed E-state index contributed by atoms with van der Waals surface area (Å²) in [4.78, 5) is 4.63. The Morgan fingerprint density at radius 3 is 2.29 bits per heavy atom. The number of aromatic nitrogens is 3. The first kappa shape index (κ1) is 11.8. The predicted octanol–water partition coefficient (Wildman–Crippen LogP) is 3.13. The van der Waals surface area contributed by atoms with Crippen LogP contribution in [-0.2, 0) is 11.8 Å². The van der Waals surface area contributed by atoms with E-state index in [9.17, 15) is 0 Å². The van der Waals surface area contributed by atoms with Gasteiger partial charge in [-0.25, -0.2) is 9.67 Å². The minimum Gasteiger partial charge on any atom is -0.218 e. The maximum absolute atomic E-state index is 4.63. The molecule has 0 spiro atoms. The monoisotopic (exact) mass is 229 g/mol. The highest BCUT2D eigenvalue weighted by atomic mass is 15.4. The van der Waals surface area contributed by atoms with Crippen LogP contribution in [0.2, 0.25) is 0 Å². The number of aryl methyl sites for hydroxylation is 1. The molecule has 0 saturated heterocycles. The predicted molar refractivity (Wildman–Crippen MR) is 69.4 cm³/mol. The molecule has 0 amide bonds. The van der Waals surface area contributed by atoms with Crippen molar-refractivity contribution in [1.29, 1.82) is 0 Å². The fourth-order valence-corrected chi connectivity index (χ4v) is 1.67. The smallest absolute Gasteiger partial charge is 0.156 e. The van der Waals surface area contributed by atoms with Gasteiger partial charge in [0.1, 0.15) is 5.82 Å². The van der Waals surface area contributed by atoms with Crippen LogP contribution in [0.4, 0.5) is 0 Å². The molecule has 0 aliphatic rings. The Hall–Kier alpha value is -1.64. The lowest BCUT2D eigenvalue weighted by Crippen LogP contribution is -2.14. The van der Waals surface area contributed by atoms with Gasteiger partial charge in [-0.05, 0) is 12.1 Å². The van der Waals surface area contributed by atoms with Crippen LogP contribution in [0, 0.1) is 0 Å². The van der Waals surface area contributed by atoms with Gasteiger partial charge in [-0.1, -0.05) is 45.9 Å². The SMILES string of the molecule is CCc1nc(C(C)(C)C)nn1-c1ccccc1. The van der Waals surface area contributed by atoms with Gasteiger partial charge in [0.15, 0.2) is 5.82 Å². The van der Waals surface area contributed by atoms with E-state index in [0.29, 0.717) is 0 Å². The molecular weight excluding hydrogens is 210 g/mol. The van der Waals surface area contributed by atoms with Crippen molar-refractivity contribution in [3.05, 3.63) is 42.0 Å². The first-order valence-corrected chi connectivity index (χ1v) is 6.04. The molecule has 0 fully saturated rings. The molecule has 0 atom stereocenters. The quantitative estimate of drug-likeness (QED) is 0.792. The lowest BCUT2D eigenvalue weighted by Gasteiger charge is -2.12. The number of nitrogens with zero attached hydrogens (tertiary/aromatic N) is 3. The Morgan fingerprint density at radius 2 is 1.76 bits per heavy atom. The van der Waals surface area contributed by atoms with Gasteiger partial charge in [-0.3, -0.25) is 0 Å². The van der Waals surface area contributed by atoms with E-state index in [2.05, 4.69) is 49.9 Å². The van der Waals surface area contributed by atoms with Crippen LogP contribution in [0.5, 0.6) is 0 Å². The van der Waals surface area contributed by atoms with Crippen LogP contribution < -0.4 is 0 Å². The second kappa shape index (κ2) is 4.32. The highest BCUT2D eigenvalue weighted by Crippen LogP contribution is 2.20. The Morgan fingerprint density at radius 1 is 1.12 bits per heavy atom. The zero-order chi connectivity index (χ0) is 12.5. The first-order valence-electron chi connectivity index (χ1n) is 6.04. The molecule has 2 aromatic rings. The molecular formula is C14H19N3. The molecule has 3 nitrogen and oxygen atoms in total. The van der Waals surface area contributed by atoms with Crippen molar-refractivity contribution in [2.24, 2.45) is 0 Å². The third-order valence-corrected chi connectivity index (χ3v) is 2.66. The minimum absolute atomic E-state index is 0.00997. The van der Waals surface area contributed by atoms with E-state index >= 15 is 0 Å². The molecule has 2 rings (SSSR count). The van der Waals surface area contributed by atoms with Gasteiger partial charge in [0.05, 0.1) is 5.69 Å². The van der Waals surface area contributed by atoms with Crippen molar-refractivity contribution in [1.82, 2.24) is 14.8 Å². The first-order chi connectivity index (χ1) is 8.02. The molecule has 0 N–H and O–H groups in total. The lowest BCUT2D eigenvalue weighted by molar-refractivity contribution is 0.543. The van der Waals surface area contributed by atoms with Gasteiger partial charge in [-0.2, -0.15) is 5.10 Å². The highest BCUT2D eigenvalue weighted by Gasteiger charge is 2.21. The molecule has 3 heteroatoms. The zero-order valence-electron chi connectivity index (χ0n) is 10.9. The topological polar surface area (TPSA) is 30.7 Å². The Bertz CT molecular complexity index is 492. The van der Waals surface area contributed by atoms with E-state index in [1.807, 2.05) is 22.9 Å². The molecule has 1 aromatic carbocycles. The molecule has 17 heavy (non-hydrogen) atoms. The summed E-state index contributed by atoms with van der Waals surface area (Å²) >= 11 is 0. The summed E-state index contributed by atoms with van der Waals surface area (Å²) in [6.07, 6.45) is 0.887. The van der Waals surface area contributed by atoms with Crippen molar-refractivity contribution >= 4 is 0 Å². The number of para-hydroxylation sites is 1. The summed E-state index contributed by atoms with van der Waals surface area (Å²) in [5.41, 5.74) is 1.07.